The molecule has 0 spiro atoms. The van der Waals surface area contributed by atoms with E-state index in [1.165, 1.54) is 24.6 Å². The number of aromatic nitrogens is 2. The third kappa shape index (κ3) is 4.74. The zero-order chi connectivity index (χ0) is 21.8. The van der Waals surface area contributed by atoms with E-state index < -0.39 is 18.5 Å². The molecule has 0 radical (unpaired) electrons. The highest BCUT2D eigenvalue weighted by Crippen LogP contribution is 2.22. The second-order valence-electron chi connectivity index (χ2n) is 7.55. The number of hydrogen-bond acceptors (Lipinski definition) is 6. The maximum atomic E-state index is 12.3. The van der Waals surface area contributed by atoms with Crippen LogP contribution in [-0.2, 0) is 27.8 Å². The molecule has 1 saturated heterocycles. The first-order chi connectivity index (χ1) is 15.0. The molecular formula is C23H24N4O4. The van der Waals surface area contributed by atoms with E-state index in [0.717, 1.165) is 18.8 Å². The molecular weight excluding hydrogens is 396 g/mol. The minimum absolute atomic E-state index is 0.132. The maximum absolute atomic E-state index is 12.3. The first-order valence-corrected chi connectivity index (χ1v) is 10.3. The standard InChI is InChI=1S/C23H24N4O4/c1-26-23(30)19-7-3-2-6-18(19)20(25-26)14-22(29)31-15-21(28)24-16-8-10-17(11-9-16)27-12-4-5-13-27/h2-3,6-11H,4-5,12-15H2,1H3,(H,24,28). The Morgan fingerprint density at radius 1 is 1.03 bits per heavy atom. The minimum atomic E-state index is -0.587. The zero-order valence-electron chi connectivity index (χ0n) is 17.3. The molecule has 2 heterocycles. The Labute approximate surface area is 179 Å². The van der Waals surface area contributed by atoms with Crippen LogP contribution in [0.25, 0.3) is 10.8 Å². The van der Waals surface area contributed by atoms with E-state index in [1.807, 2.05) is 24.3 Å². The number of aryl methyl sites for hydroxylation is 1. The quantitative estimate of drug-likeness (QED) is 0.615. The minimum Gasteiger partial charge on any atom is -0.455 e. The summed E-state index contributed by atoms with van der Waals surface area (Å²) in [6.45, 7) is 1.72. The number of esters is 1. The van der Waals surface area contributed by atoms with Gasteiger partial charge in [-0.3, -0.25) is 14.4 Å². The van der Waals surface area contributed by atoms with E-state index in [9.17, 15) is 14.4 Å². The van der Waals surface area contributed by atoms with Crippen LogP contribution in [0.2, 0.25) is 0 Å². The molecule has 4 rings (SSSR count). The predicted molar refractivity (Wildman–Crippen MR) is 118 cm³/mol. The molecule has 0 bridgehead atoms. The van der Waals surface area contributed by atoms with E-state index in [4.69, 9.17) is 4.74 Å². The van der Waals surface area contributed by atoms with Gasteiger partial charge in [-0.05, 0) is 43.2 Å². The summed E-state index contributed by atoms with van der Waals surface area (Å²) in [5.74, 6) is -1.00. The fourth-order valence-electron chi connectivity index (χ4n) is 3.77. The molecule has 3 aromatic rings. The van der Waals surface area contributed by atoms with Crippen molar-refractivity contribution in [1.29, 1.82) is 0 Å². The topological polar surface area (TPSA) is 93.5 Å². The molecule has 1 fully saturated rings. The summed E-state index contributed by atoms with van der Waals surface area (Å²) in [5, 5.41) is 7.99. The van der Waals surface area contributed by atoms with Crippen LogP contribution in [-0.4, -0.2) is 41.4 Å². The lowest BCUT2D eigenvalue weighted by Gasteiger charge is -2.17. The molecule has 2 aromatic carbocycles. The van der Waals surface area contributed by atoms with Crippen molar-refractivity contribution in [2.45, 2.75) is 19.3 Å². The van der Waals surface area contributed by atoms with Crippen molar-refractivity contribution in [3.8, 4) is 0 Å². The summed E-state index contributed by atoms with van der Waals surface area (Å²) in [6, 6.07) is 14.6. The summed E-state index contributed by atoms with van der Waals surface area (Å²) in [4.78, 5) is 38.9. The van der Waals surface area contributed by atoms with E-state index in [0.29, 0.717) is 22.2 Å². The normalized spacial score (nSPS) is 13.4. The Bertz CT molecular complexity index is 1160. The monoisotopic (exact) mass is 420 g/mol. The fraction of sp³-hybridized carbons (Fsp3) is 0.304. The number of nitrogens with zero attached hydrogens (tertiary/aromatic N) is 3. The highest BCUT2D eigenvalue weighted by Gasteiger charge is 2.15. The van der Waals surface area contributed by atoms with Gasteiger partial charge in [-0.25, -0.2) is 4.68 Å². The van der Waals surface area contributed by atoms with E-state index in [1.54, 1.807) is 24.3 Å². The third-order valence-corrected chi connectivity index (χ3v) is 5.33. The van der Waals surface area contributed by atoms with Gasteiger partial charge in [-0.1, -0.05) is 18.2 Å². The van der Waals surface area contributed by atoms with E-state index in [-0.39, 0.29) is 12.0 Å². The number of benzene rings is 2. The molecule has 160 valence electrons. The Kier molecular flexibility index (Phi) is 5.97. The third-order valence-electron chi connectivity index (χ3n) is 5.33. The average Bonchev–Trinajstić information content (AvgIpc) is 3.31. The smallest absolute Gasteiger partial charge is 0.312 e. The van der Waals surface area contributed by atoms with Crippen molar-refractivity contribution in [2.24, 2.45) is 7.05 Å². The lowest BCUT2D eigenvalue weighted by atomic mass is 10.1. The molecule has 8 heteroatoms. The van der Waals surface area contributed by atoms with Gasteiger partial charge in [0.1, 0.15) is 0 Å². The van der Waals surface area contributed by atoms with E-state index in [2.05, 4.69) is 15.3 Å². The number of anilines is 2. The molecule has 0 unspecified atom stereocenters. The first kappa shape index (κ1) is 20.6. The highest BCUT2D eigenvalue weighted by atomic mass is 16.5. The summed E-state index contributed by atoms with van der Waals surface area (Å²) in [6.07, 6.45) is 2.27. The van der Waals surface area contributed by atoms with Crippen molar-refractivity contribution in [1.82, 2.24) is 9.78 Å². The Hall–Kier alpha value is -3.68. The second-order valence-corrected chi connectivity index (χ2v) is 7.55. The number of ether oxygens (including phenoxy) is 1. The largest absolute Gasteiger partial charge is 0.455 e. The van der Waals surface area contributed by atoms with Gasteiger partial charge < -0.3 is 15.0 Å². The molecule has 0 aliphatic carbocycles. The number of nitrogens with one attached hydrogen (secondary N) is 1. The molecule has 8 nitrogen and oxygen atoms in total. The van der Waals surface area contributed by atoms with Gasteiger partial charge in [0.2, 0.25) is 0 Å². The van der Waals surface area contributed by atoms with Crippen LogP contribution in [0.1, 0.15) is 18.5 Å². The number of hydrogen-bond donors (Lipinski definition) is 1. The summed E-state index contributed by atoms with van der Waals surface area (Å²) < 4.78 is 6.32. The number of carbonyl (C=O) groups excluding carboxylic acids is 2. The number of rotatable bonds is 6. The van der Waals surface area contributed by atoms with Crippen LogP contribution in [0.3, 0.4) is 0 Å². The highest BCUT2D eigenvalue weighted by molar-refractivity contribution is 5.93. The van der Waals surface area contributed by atoms with Crippen molar-refractivity contribution in [2.75, 3.05) is 29.9 Å². The van der Waals surface area contributed by atoms with Gasteiger partial charge >= 0.3 is 5.97 Å². The van der Waals surface area contributed by atoms with Crippen LogP contribution >= 0.6 is 0 Å². The van der Waals surface area contributed by atoms with Gasteiger partial charge in [0.05, 0.1) is 17.5 Å². The Morgan fingerprint density at radius 3 is 2.42 bits per heavy atom. The van der Waals surface area contributed by atoms with Crippen molar-refractivity contribution in [3.05, 3.63) is 64.6 Å². The Balaban J connectivity index is 1.33. The molecule has 1 amide bonds. The van der Waals surface area contributed by atoms with Crippen LogP contribution < -0.4 is 15.8 Å². The first-order valence-electron chi connectivity index (χ1n) is 10.3. The molecule has 1 N–H and O–H groups in total. The molecule has 31 heavy (non-hydrogen) atoms. The Morgan fingerprint density at radius 2 is 1.71 bits per heavy atom. The van der Waals surface area contributed by atoms with Gasteiger partial charge in [0.15, 0.2) is 6.61 Å². The second kappa shape index (κ2) is 8.99. The van der Waals surface area contributed by atoms with Gasteiger partial charge in [0, 0.05) is 36.9 Å². The SMILES string of the molecule is Cn1nc(CC(=O)OCC(=O)Nc2ccc(N3CCCC3)cc2)c2ccccc2c1=O. The van der Waals surface area contributed by atoms with Crippen LogP contribution in [0.15, 0.2) is 53.3 Å². The average molecular weight is 420 g/mol. The molecule has 1 aliphatic rings. The number of amides is 1. The maximum Gasteiger partial charge on any atom is 0.312 e. The zero-order valence-corrected chi connectivity index (χ0v) is 17.3. The van der Waals surface area contributed by atoms with Crippen molar-refractivity contribution in [3.63, 3.8) is 0 Å². The van der Waals surface area contributed by atoms with E-state index >= 15 is 0 Å². The van der Waals surface area contributed by atoms with Crippen LogP contribution in [0.4, 0.5) is 11.4 Å². The summed E-state index contributed by atoms with van der Waals surface area (Å²) >= 11 is 0. The van der Waals surface area contributed by atoms with Crippen LogP contribution in [0, 0.1) is 0 Å². The lowest BCUT2D eigenvalue weighted by Crippen LogP contribution is -2.24. The van der Waals surface area contributed by atoms with Crippen molar-refractivity contribution < 1.29 is 14.3 Å². The van der Waals surface area contributed by atoms with Crippen LogP contribution in [0.5, 0.6) is 0 Å². The summed E-state index contributed by atoms with van der Waals surface area (Å²) in [5.41, 5.74) is 1.98. The molecule has 0 atom stereocenters. The predicted octanol–water partition coefficient (Wildman–Crippen LogP) is 2.26. The lowest BCUT2D eigenvalue weighted by molar-refractivity contribution is -0.146. The number of fused-ring (bicyclic) bond motifs is 1. The number of carbonyl (C=O) groups is 2. The van der Waals surface area contributed by atoms with Gasteiger partial charge in [-0.15, -0.1) is 0 Å². The van der Waals surface area contributed by atoms with Gasteiger partial charge in [0.25, 0.3) is 11.5 Å². The van der Waals surface area contributed by atoms with Gasteiger partial charge in [-0.2, -0.15) is 5.10 Å². The molecule has 1 aromatic heterocycles. The van der Waals surface area contributed by atoms with Crippen molar-refractivity contribution >= 4 is 34.0 Å². The fourth-order valence-corrected chi connectivity index (χ4v) is 3.77. The molecule has 0 saturated carbocycles. The summed E-state index contributed by atoms with van der Waals surface area (Å²) in [7, 11) is 1.53. The molecule has 1 aliphatic heterocycles.